The molecule has 3 atom stereocenters. The van der Waals surface area contributed by atoms with E-state index in [1.54, 1.807) is 135 Å². The largest absolute Gasteiger partial charge is 0.486 e. The molecule has 0 spiro atoms. The van der Waals surface area contributed by atoms with Crippen molar-refractivity contribution in [3.05, 3.63) is 250 Å². The summed E-state index contributed by atoms with van der Waals surface area (Å²) in [6.45, 7) is 15.8. The average molecular weight is 1740 g/mol. The smallest absolute Gasteiger partial charge is 0.164 e. The van der Waals surface area contributed by atoms with Gasteiger partial charge in [0.05, 0.1) is 66.1 Å². The van der Waals surface area contributed by atoms with E-state index in [9.17, 15) is 26.3 Å². The van der Waals surface area contributed by atoms with Crippen LogP contribution in [0.4, 0.5) is 83.9 Å². The zero-order chi connectivity index (χ0) is 84.8. The summed E-state index contributed by atoms with van der Waals surface area (Å²) < 4.78 is 142. The van der Waals surface area contributed by atoms with Crippen LogP contribution in [0.15, 0.2) is 188 Å². The minimum Gasteiger partial charge on any atom is -0.486 e. The molecule has 5 N–H and O–H groups in total. The highest BCUT2D eigenvalue weighted by Crippen LogP contribution is 2.44. The standard InChI is InChI=1S/C19H16FN3O2.C18H15BrFN3O2.C18H12FN3O2.C17H13ClFN3O2.C17H13F2N3O2/c1-3-12-9-24-16-8-15-13(7-17(16)25-12)19(22-10-21-15)23-14-6-4-5-11(2)18(14)20;1-9-10(2)25-16-7-14-11(6-15(16)24-9)18(22-8-21-14)23-13-5-3-4-12(19)17(13)20;1-2-11-4-3-5-13(17(11)19)22-18-12-8-15-16(24-7-6-23-15)9-14(12)20-10-21-18;1-9-11(18)2-3-12(16(9)19)22-17-10-6-14-15(24-5-4-23-14)7-13(10)20-8-21-17;1-9-4-10(18)5-13(16(9)19)22-17-11-6-14-15(24-3-2-23-14)7-12(11)20-8-21-17/h3-8,10,12H,1,9H2,2H3,(H,21,22,23);3-10H,1-2H3,(H,21,22,23);1,3-5,8-10H,6-7H2,(H,20,21,22);2-3,6-8H,4-5H2,1H3,(H,20,21,22);4-8H,2-3H2,1H3,(H,20,21,22)/t;9-,10-;;;/m.0.../s1. The molecule has 0 radical (unpaired) electrons. The molecule has 10 heterocycles. The van der Waals surface area contributed by atoms with Gasteiger partial charge in [-0.2, -0.15) is 0 Å². The lowest BCUT2D eigenvalue weighted by molar-refractivity contribution is 0.0433. The van der Waals surface area contributed by atoms with Gasteiger partial charge in [0.1, 0.15) is 137 Å². The fourth-order valence-corrected chi connectivity index (χ4v) is 13.7. The quantitative estimate of drug-likeness (QED) is 0.0457. The number of nitrogens with zero attached hydrogens (tertiary/aromatic N) is 10. The number of hydrogen-bond acceptors (Lipinski definition) is 25. The highest BCUT2D eigenvalue weighted by molar-refractivity contribution is 9.10. The Labute approximate surface area is 705 Å². The Morgan fingerprint density at radius 1 is 0.393 bits per heavy atom. The molecule has 616 valence electrons. The van der Waals surface area contributed by atoms with Crippen LogP contribution in [0.25, 0.3) is 54.5 Å². The zero-order valence-corrected chi connectivity index (χ0v) is 67.6. The second-order valence-electron chi connectivity index (χ2n) is 27.7. The summed E-state index contributed by atoms with van der Waals surface area (Å²) in [5.74, 6) is 8.17. The summed E-state index contributed by atoms with van der Waals surface area (Å²) >= 11 is 9.13. The Hall–Kier alpha value is -14.5. The molecule has 33 heteroatoms. The van der Waals surface area contributed by atoms with E-state index in [0.29, 0.717) is 214 Å². The van der Waals surface area contributed by atoms with Crippen molar-refractivity contribution in [1.29, 1.82) is 0 Å². The van der Waals surface area contributed by atoms with Crippen molar-refractivity contribution in [3.8, 4) is 69.8 Å². The summed E-state index contributed by atoms with van der Waals surface area (Å²) in [7, 11) is 0. The van der Waals surface area contributed by atoms with E-state index in [0.717, 1.165) is 22.9 Å². The maximum atomic E-state index is 14.4. The van der Waals surface area contributed by atoms with Crippen molar-refractivity contribution in [2.24, 2.45) is 0 Å². The number of aromatic nitrogens is 10. The molecule has 5 aliphatic heterocycles. The molecule has 122 heavy (non-hydrogen) atoms. The number of anilines is 10. The first-order chi connectivity index (χ1) is 59.2. The second kappa shape index (κ2) is 35.6. The fraction of sp³-hybridized carbons (Fsp3) is 0.169. The molecule has 15 aromatic rings. The lowest BCUT2D eigenvalue weighted by Crippen LogP contribution is -2.34. The Bertz CT molecular complexity index is 6650. The van der Waals surface area contributed by atoms with Crippen LogP contribution in [0.1, 0.15) is 36.1 Å². The molecular formula is C89H69BrClF6N15O10. The number of aryl methyl sites for hydroxylation is 2. The van der Waals surface area contributed by atoms with Crippen LogP contribution in [-0.2, 0) is 0 Å². The van der Waals surface area contributed by atoms with Crippen LogP contribution in [0.3, 0.4) is 0 Å². The first kappa shape index (κ1) is 81.3. The Morgan fingerprint density at radius 2 is 0.746 bits per heavy atom. The molecule has 5 aliphatic rings. The molecule has 25 nitrogen and oxygen atoms in total. The fourth-order valence-electron chi connectivity index (χ4n) is 13.2. The second-order valence-corrected chi connectivity index (χ2v) is 29.0. The minimum absolute atomic E-state index is 0.0161. The van der Waals surface area contributed by atoms with Crippen molar-refractivity contribution < 1.29 is 73.7 Å². The maximum Gasteiger partial charge on any atom is 0.164 e. The minimum atomic E-state index is -0.527. The van der Waals surface area contributed by atoms with Gasteiger partial charge in [0, 0.05) is 73.9 Å². The molecule has 0 fully saturated rings. The SMILES string of the molecule is C#Cc1cccc(Nc2ncnc3cc4c(cc23)OCCO4)c1F.C=CC1COc2cc3ncnc(Nc4cccc(C)c4F)c3cc2O1.C[C@@H]1Oc2cc3ncnc(Nc4cccc(Br)c4F)c3cc2O[C@H]1C.Cc1c(Cl)ccc(Nc2ncnc3cc4c(cc23)OCCO4)c1F.Cc1cc(F)cc(Nc2ncnc3cc4c(cc23)OCCO4)c1F. The molecule has 5 aromatic heterocycles. The third-order valence-electron chi connectivity index (χ3n) is 19.6. The first-order valence-corrected chi connectivity index (χ1v) is 39.0. The molecule has 0 aliphatic carbocycles. The summed E-state index contributed by atoms with van der Waals surface area (Å²) in [5, 5.41) is 18.8. The number of hydrogen-bond donors (Lipinski definition) is 5. The molecule has 10 aromatic carbocycles. The van der Waals surface area contributed by atoms with Crippen molar-refractivity contribution in [3.63, 3.8) is 0 Å². The molecule has 0 amide bonds. The third kappa shape index (κ3) is 17.5. The predicted octanol–water partition coefficient (Wildman–Crippen LogP) is 20.2. The van der Waals surface area contributed by atoms with Gasteiger partial charge in [-0.25, -0.2) is 76.2 Å². The lowest BCUT2D eigenvalue weighted by Gasteiger charge is -2.30. The Balaban J connectivity index is 0.000000113. The van der Waals surface area contributed by atoms with Gasteiger partial charge < -0.3 is 74.0 Å². The van der Waals surface area contributed by atoms with Gasteiger partial charge >= 0.3 is 0 Å². The van der Waals surface area contributed by atoms with Gasteiger partial charge in [0.2, 0.25) is 0 Å². The number of halogens is 8. The molecule has 0 saturated carbocycles. The monoisotopic (exact) mass is 1740 g/mol. The highest BCUT2D eigenvalue weighted by Gasteiger charge is 2.28. The van der Waals surface area contributed by atoms with Gasteiger partial charge in [-0.05, 0) is 147 Å². The molecule has 1 unspecified atom stereocenters. The number of ether oxygens (including phenoxy) is 10. The number of benzene rings is 10. The topological polar surface area (TPSA) is 281 Å². The van der Waals surface area contributed by atoms with Crippen molar-refractivity contribution in [2.45, 2.75) is 52.9 Å². The maximum absolute atomic E-state index is 14.4. The number of terminal acetylenes is 1. The van der Waals surface area contributed by atoms with Crippen LogP contribution in [0.2, 0.25) is 5.02 Å². The number of rotatable bonds is 11. The number of fused-ring (bicyclic) bond motifs is 10. The summed E-state index contributed by atoms with van der Waals surface area (Å²) in [4.78, 5) is 42.3. The third-order valence-corrected chi connectivity index (χ3v) is 20.7. The normalized spacial score (nSPS) is 14.8. The lowest BCUT2D eigenvalue weighted by atomic mass is 10.1. The highest BCUT2D eigenvalue weighted by atomic mass is 79.9. The van der Waals surface area contributed by atoms with Crippen LogP contribution in [0, 0.1) is 68.0 Å². The van der Waals surface area contributed by atoms with E-state index < -0.39 is 23.3 Å². The Morgan fingerprint density at radius 3 is 1.19 bits per heavy atom. The molecule has 0 bridgehead atoms. The van der Waals surface area contributed by atoms with Gasteiger partial charge in [-0.3, -0.25) is 0 Å². The van der Waals surface area contributed by atoms with Crippen LogP contribution in [0.5, 0.6) is 57.5 Å². The van der Waals surface area contributed by atoms with Crippen molar-refractivity contribution in [2.75, 3.05) is 72.8 Å². The molecular weight excluding hydrogens is 1670 g/mol. The van der Waals surface area contributed by atoms with Gasteiger partial charge in [0.25, 0.3) is 0 Å². The van der Waals surface area contributed by atoms with E-state index in [1.165, 1.54) is 38.6 Å². The van der Waals surface area contributed by atoms with Crippen molar-refractivity contribution >= 4 is 140 Å². The van der Waals surface area contributed by atoms with Gasteiger partial charge in [-0.15, -0.1) is 6.42 Å². The van der Waals surface area contributed by atoms with Gasteiger partial charge in [0.15, 0.2) is 81.1 Å². The van der Waals surface area contributed by atoms with Gasteiger partial charge in [-0.1, -0.05) is 48.4 Å². The van der Waals surface area contributed by atoms with Crippen molar-refractivity contribution in [1.82, 2.24) is 49.8 Å². The Kier molecular flexibility index (Phi) is 23.7. The first-order valence-electron chi connectivity index (χ1n) is 37.8. The van der Waals surface area contributed by atoms with E-state index in [2.05, 4.69) is 105 Å². The average Bonchev–Trinajstić information content (AvgIpc) is 0.771. The molecule has 0 saturated heterocycles. The van der Waals surface area contributed by atoms with E-state index in [-0.39, 0.29) is 52.4 Å². The van der Waals surface area contributed by atoms with Crippen LogP contribution in [-0.4, -0.2) is 114 Å². The van der Waals surface area contributed by atoms with E-state index >= 15 is 0 Å². The van der Waals surface area contributed by atoms with Crippen LogP contribution >= 0.6 is 27.5 Å². The van der Waals surface area contributed by atoms with Crippen LogP contribution < -0.4 is 74.0 Å². The summed E-state index contributed by atoms with van der Waals surface area (Å²) in [6, 6.07) is 38.4. The summed E-state index contributed by atoms with van der Waals surface area (Å²) in [6.07, 6.45) is 13.7. The number of nitrogens with one attached hydrogen (secondary N) is 5. The molecule has 20 rings (SSSR count). The predicted molar refractivity (Wildman–Crippen MR) is 454 cm³/mol. The van der Waals surface area contributed by atoms with E-state index in [4.69, 9.17) is 65.4 Å². The summed E-state index contributed by atoms with van der Waals surface area (Å²) in [5.41, 5.74) is 5.94. The van der Waals surface area contributed by atoms with E-state index in [1.807, 2.05) is 26.0 Å². The zero-order valence-electron chi connectivity index (χ0n) is 65.3.